The molecule has 0 spiro atoms. The van der Waals surface area contributed by atoms with Crippen LogP contribution in [0.25, 0.3) is 0 Å². The van der Waals surface area contributed by atoms with Crippen LogP contribution in [0.4, 0.5) is 0 Å². The van der Waals surface area contributed by atoms with Gasteiger partial charge in [0.2, 0.25) is 5.91 Å². The number of aryl methyl sites for hydroxylation is 1. The molecule has 0 aliphatic carbocycles. The molecule has 5 heteroatoms. The summed E-state index contributed by atoms with van der Waals surface area (Å²) in [5.74, 6) is 0.870. The summed E-state index contributed by atoms with van der Waals surface area (Å²) in [6, 6.07) is 7.90. The van der Waals surface area contributed by atoms with Gasteiger partial charge in [-0.3, -0.25) is 4.79 Å². The van der Waals surface area contributed by atoms with Crippen molar-refractivity contribution in [2.24, 2.45) is 0 Å². The van der Waals surface area contributed by atoms with Crippen molar-refractivity contribution in [1.82, 2.24) is 4.90 Å². The zero-order chi connectivity index (χ0) is 16.0. The first-order valence-electron chi connectivity index (χ1n) is 7.69. The molecule has 1 aromatic carbocycles. The topological polar surface area (TPSA) is 48.0 Å². The highest BCUT2D eigenvalue weighted by Gasteiger charge is 2.41. The number of para-hydroxylation sites is 1. The van der Waals surface area contributed by atoms with E-state index in [4.69, 9.17) is 14.2 Å². The third-order valence-corrected chi connectivity index (χ3v) is 4.12. The van der Waals surface area contributed by atoms with Gasteiger partial charge in [-0.05, 0) is 31.9 Å². The van der Waals surface area contributed by atoms with E-state index in [1.807, 2.05) is 38.1 Å². The minimum Gasteiger partial charge on any atom is -0.490 e. The minimum absolute atomic E-state index is 0.0108. The molecule has 22 heavy (non-hydrogen) atoms. The Hall–Kier alpha value is -1.59. The normalized spacial score (nSPS) is 21.1. The molecule has 0 N–H and O–H groups in total. The maximum absolute atomic E-state index is 12.0. The lowest BCUT2D eigenvalue weighted by molar-refractivity contribution is -0.136. The molecule has 0 unspecified atom stereocenters. The van der Waals surface area contributed by atoms with Crippen molar-refractivity contribution in [1.29, 1.82) is 0 Å². The molecule has 122 valence electrons. The van der Waals surface area contributed by atoms with E-state index < -0.39 is 5.60 Å². The standard InChI is InChI=1S/C17H25NO4/c1-4-21-11-16(19)18-10-9-17(12-18,20-3)13-22-15-8-6-5-7-14(15)2/h5-8H,4,9-13H2,1-3H3/t17-/m0/s1. The molecule has 0 aromatic heterocycles. The largest absolute Gasteiger partial charge is 0.490 e. The van der Waals surface area contributed by atoms with Gasteiger partial charge in [0.15, 0.2) is 0 Å². The molecule has 0 bridgehead atoms. The predicted octanol–water partition coefficient (Wildman–Crippen LogP) is 2.03. The van der Waals surface area contributed by atoms with Gasteiger partial charge in [0.1, 0.15) is 24.6 Å². The Morgan fingerprint density at radius 1 is 1.36 bits per heavy atom. The lowest BCUT2D eigenvalue weighted by Crippen LogP contribution is -2.43. The van der Waals surface area contributed by atoms with Gasteiger partial charge < -0.3 is 19.1 Å². The van der Waals surface area contributed by atoms with Crippen molar-refractivity contribution in [3.05, 3.63) is 29.8 Å². The first-order valence-corrected chi connectivity index (χ1v) is 7.69. The zero-order valence-electron chi connectivity index (χ0n) is 13.6. The summed E-state index contributed by atoms with van der Waals surface area (Å²) in [5.41, 5.74) is 0.653. The lowest BCUT2D eigenvalue weighted by Gasteiger charge is -2.28. The fourth-order valence-corrected chi connectivity index (χ4v) is 2.61. The van der Waals surface area contributed by atoms with E-state index in [1.54, 1.807) is 12.0 Å². The second kappa shape index (κ2) is 7.61. The minimum atomic E-state index is -0.440. The maximum Gasteiger partial charge on any atom is 0.248 e. The van der Waals surface area contributed by atoms with Crippen LogP contribution in [0.2, 0.25) is 0 Å². The lowest BCUT2D eigenvalue weighted by atomic mass is 10.0. The average molecular weight is 307 g/mol. The number of hydrogen-bond donors (Lipinski definition) is 0. The van der Waals surface area contributed by atoms with E-state index in [1.165, 1.54) is 0 Å². The monoisotopic (exact) mass is 307 g/mol. The number of carbonyl (C=O) groups excluding carboxylic acids is 1. The molecule has 1 aliphatic heterocycles. The number of methoxy groups -OCH3 is 1. The van der Waals surface area contributed by atoms with Crippen molar-refractivity contribution in [2.75, 3.05) is 40.0 Å². The summed E-state index contributed by atoms with van der Waals surface area (Å²) in [6.07, 6.45) is 0.771. The highest BCUT2D eigenvalue weighted by Crippen LogP contribution is 2.27. The van der Waals surface area contributed by atoms with Crippen LogP contribution in [-0.4, -0.2) is 56.4 Å². The van der Waals surface area contributed by atoms with Crippen LogP contribution in [-0.2, 0) is 14.3 Å². The van der Waals surface area contributed by atoms with Crippen molar-refractivity contribution in [3.8, 4) is 5.75 Å². The Kier molecular flexibility index (Phi) is 5.80. The molecule has 1 aliphatic rings. The Labute approximate surface area is 132 Å². The van der Waals surface area contributed by atoms with Gasteiger partial charge in [-0.25, -0.2) is 0 Å². The maximum atomic E-state index is 12.0. The van der Waals surface area contributed by atoms with E-state index in [9.17, 15) is 4.79 Å². The Balaban J connectivity index is 1.93. The molecule has 2 rings (SSSR count). The number of amides is 1. The molecule has 1 atom stereocenters. The second-order valence-electron chi connectivity index (χ2n) is 5.64. The Morgan fingerprint density at radius 2 is 2.14 bits per heavy atom. The molecule has 5 nitrogen and oxygen atoms in total. The highest BCUT2D eigenvalue weighted by atomic mass is 16.5. The van der Waals surface area contributed by atoms with Crippen LogP contribution >= 0.6 is 0 Å². The van der Waals surface area contributed by atoms with Crippen LogP contribution < -0.4 is 4.74 Å². The summed E-state index contributed by atoms with van der Waals surface area (Å²) in [4.78, 5) is 13.8. The average Bonchev–Trinajstić information content (AvgIpc) is 2.97. The van der Waals surface area contributed by atoms with E-state index in [2.05, 4.69) is 0 Å². The van der Waals surface area contributed by atoms with Crippen LogP contribution in [0, 0.1) is 6.92 Å². The van der Waals surface area contributed by atoms with E-state index in [0.717, 1.165) is 17.7 Å². The fraction of sp³-hybridized carbons (Fsp3) is 0.588. The fourth-order valence-electron chi connectivity index (χ4n) is 2.61. The summed E-state index contributed by atoms with van der Waals surface area (Å²) in [6.45, 7) is 6.24. The van der Waals surface area contributed by atoms with E-state index in [0.29, 0.717) is 26.3 Å². The van der Waals surface area contributed by atoms with Crippen LogP contribution in [0.15, 0.2) is 24.3 Å². The van der Waals surface area contributed by atoms with Crippen molar-refractivity contribution in [3.63, 3.8) is 0 Å². The third-order valence-electron chi connectivity index (χ3n) is 4.12. The summed E-state index contributed by atoms with van der Waals surface area (Å²) in [7, 11) is 1.68. The number of hydrogen-bond acceptors (Lipinski definition) is 4. The van der Waals surface area contributed by atoms with Gasteiger partial charge in [0.25, 0.3) is 0 Å². The van der Waals surface area contributed by atoms with Gasteiger partial charge in [0, 0.05) is 20.3 Å². The number of carbonyl (C=O) groups is 1. The van der Waals surface area contributed by atoms with Crippen LogP contribution in [0.5, 0.6) is 5.75 Å². The quantitative estimate of drug-likeness (QED) is 0.773. The number of rotatable bonds is 7. The van der Waals surface area contributed by atoms with Gasteiger partial charge in [-0.2, -0.15) is 0 Å². The number of benzene rings is 1. The summed E-state index contributed by atoms with van der Waals surface area (Å²) < 4.78 is 16.8. The predicted molar refractivity (Wildman–Crippen MR) is 84.1 cm³/mol. The Bertz CT molecular complexity index is 505. The van der Waals surface area contributed by atoms with E-state index in [-0.39, 0.29) is 12.5 Å². The molecule has 0 radical (unpaired) electrons. The smallest absolute Gasteiger partial charge is 0.248 e. The van der Waals surface area contributed by atoms with E-state index >= 15 is 0 Å². The highest BCUT2D eigenvalue weighted by molar-refractivity contribution is 5.77. The molecular weight excluding hydrogens is 282 g/mol. The Morgan fingerprint density at radius 3 is 2.82 bits per heavy atom. The third kappa shape index (κ3) is 3.99. The second-order valence-corrected chi connectivity index (χ2v) is 5.64. The molecule has 1 amide bonds. The van der Waals surface area contributed by atoms with Gasteiger partial charge in [0.05, 0.1) is 6.54 Å². The number of nitrogens with zero attached hydrogens (tertiary/aromatic N) is 1. The first kappa shape index (κ1) is 16.8. The zero-order valence-corrected chi connectivity index (χ0v) is 13.6. The van der Waals surface area contributed by atoms with Gasteiger partial charge in [-0.1, -0.05) is 18.2 Å². The van der Waals surface area contributed by atoms with Gasteiger partial charge >= 0.3 is 0 Å². The molecule has 1 saturated heterocycles. The van der Waals surface area contributed by atoms with Crippen molar-refractivity contribution < 1.29 is 19.0 Å². The number of likely N-dealkylation sites (tertiary alicyclic amines) is 1. The summed E-state index contributed by atoms with van der Waals surface area (Å²) >= 11 is 0. The molecule has 0 saturated carbocycles. The molecule has 1 fully saturated rings. The van der Waals surface area contributed by atoms with Crippen LogP contribution in [0.1, 0.15) is 18.9 Å². The molecule has 1 aromatic rings. The first-order chi connectivity index (χ1) is 10.6. The van der Waals surface area contributed by atoms with Crippen molar-refractivity contribution >= 4 is 5.91 Å². The molecular formula is C17H25NO4. The molecule has 1 heterocycles. The SMILES string of the molecule is CCOCC(=O)N1CC[C@](COc2ccccc2C)(OC)C1. The number of ether oxygens (including phenoxy) is 3. The van der Waals surface area contributed by atoms with Crippen molar-refractivity contribution in [2.45, 2.75) is 25.9 Å². The summed E-state index contributed by atoms with van der Waals surface area (Å²) in [5, 5.41) is 0. The van der Waals surface area contributed by atoms with Gasteiger partial charge in [-0.15, -0.1) is 0 Å². The van der Waals surface area contributed by atoms with Crippen LogP contribution in [0.3, 0.4) is 0 Å².